The van der Waals surface area contributed by atoms with Crippen molar-refractivity contribution in [2.24, 2.45) is 11.3 Å². The van der Waals surface area contributed by atoms with Gasteiger partial charge in [0.25, 0.3) is 0 Å². The van der Waals surface area contributed by atoms with Crippen molar-refractivity contribution < 1.29 is 9.47 Å². The van der Waals surface area contributed by atoms with Gasteiger partial charge in [-0.3, -0.25) is 0 Å². The zero-order chi connectivity index (χ0) is 14.8. The predicted octanol–water partition coefficient (Wildman–Crippen LogP) is 5.36. The first-order valence-corrected chi connectivity index (χ1v) is 8.33. The summed E-state index contributed by atoms with van der Waals surface area (Å²) in [6, 6.07) is 6.30. The standard InChI is InChI=1S/C17H25BrO2/c1-12(17(2,3)4)10-14(18)13-6-7-15-16(11-13)20-9-5-8-19-15/h6-7,11-12,14H,5,8-10H2,1-4H3. The van der Waals surface area contributed by atoms with Crippen LogP contribution in [-0.4, -0.2) is 13.2 Å². The number of ether oxygens (including phenoxy) is 2. The Kier molecular flexibility index (Phi) is 5.00. The van der Waals surface area contributed by atoms with Gasteiger partial charge in [0, 0.05) is 11.2 Å². The molecule has 2 atom stereocenters. The van der Waals surface area contributed by atoms with Crippen LogP contribution in [0.15, 0.2) is 18.2 Å². The van der Waals surface area contributed by atoms with Crippen molar-refractivity contribution in [2.75, 3.05) is 13.2 Å². The molecule has 1 heterocycles. The molecule has 0 bridgehead atoms. The van der Waals surface area contributed by atoms with Gasteiger partial charge in [-0.1, -0.05) is 49.7 Å². The van der Waals surface area contributed by atoms with Crippen LogP contribution < -0.4 is 9.47 Å². The molecule has 1 aliphatic heterocycles. The van der Waals surface area contributed by atoms with Gasteiger partial charge in [-0.05, 0) is 35.4 Å². The lowest BCUT2D eigenvalue weighted by atomic mass is 9.79. The monoisotopic (exact) mass is 340 g/mol. The molecular formula is C17H25BrO2. The molecule has 0 amide bonds. The highest BCUT2D eigenvalue weighted by Gasteiger charge is 2.24. The summed E-state index contributed by atoms with van der Waals surface area (Å²) < 4.78 is 11.4. The maximum absolute atomic E-state index is 5.77. The summed E-state index contributed by atoms with van der Waals surface area (Å²) in [4.78, 5) is 0.355. The van der Waals surface area contributed by atoms with E-state index in [2.05, 4.69) is 55.8 Å². The van der Waals surface area contributed by atoms with Gasteiger partial charge in [0.2, 0.25) is 0 Å². The first kappa shape index (κ1) is 15.7. The van der Waals surface area contributed by atoms with Crippen molar-refractivity contribution in [1.29, 1.82) is 0 Å². The Morgan fingerprint density at radius 3 is 2.45 bits per heavy atom. The van der Waals surface area contributed by atoms with Gasteiger partial charge in [-0.2, -0.15) is 0 Å². The Morgan fingerprint density at radius 2 is 1.80 bits per heavy atom. The zero-order valence-corrected chi connectivity index (χ0v) is 14.5. The number of halogens is 1. The van der Waals surface area contributed by atoms with Crippen LogP contribution >= 0.6 is 15.9 Å². The highest BCUT2D eigenvalue weighted by atomic mass is 79.9. The van der Waals surface area contributed by atoms with E-state index in [-0.39, 0.29) is 0 Å². The predicted molar refractivity (Wildman–Crippen MR) is 87.0 cm³/mol. The molecule has 3 heteroatoms. The number of hydrogen-bond donors (Lipinski definition) is 0. The van der Waals surface area contributed by atoms with Crippen molar-refractivity contribution in [3.63, 3.8) is 0 Å². The van der Waals surface area contributed by atoms with Gasteiger partial charge in [-0.15, -0.1) is 0 Å². The van der Waals surface area contributed by atoms with Crippen LogP contribution in [0.5, 0.6) is 11.5 Å². The topological polar surface area (TPSA) is 18.5 Å². The maximum Gasteiger partial charge on any atom is 0.161 e. The highest BCUT2D eigenvalue weighted by molar-refractivity contribution is 9.09. The Hall–Kier alpha value is -0.700. The van der Waals surface area contributed by atoms with Gasteiger partial charge in [-0.25, -0.2) is 0 Å². The summed E-state index contributed by atoms with van der Waals surface area (Å²) in [5.74, 6) is 2.39. The van der Waals surface area contributed by atoms with Crippen molar-refractivity contribution in [3.05, 3.63) is 23.8 Å². The van der Waals surface area contributed by atoms with Gasteiger partial charge >= 0.3 is 0 Å². The minimum absolute atomic E-state index is 0.331. The third-order valence-corrected chi connectivity index (χ3v) is 5.07. The molecule has 0 N–H and O–H groups in total. The van der Waals surface area contributed by atoms with E-state index in [4.69, 9.17) is 9.47 Å². The average Bonchev–Trinajstić information content (AvgIpc) is 2.61. The summed E-state index contributed by atoms with van der Waals surface area (Å²) in [5, 5.41) is 0. The van der Waals surface area contributed by atoms with Crippen molar-refractivity contribution in [3.8, 4) is 11.5 Å². The summed E-state index contributed by atoms with van der Waals surface area (Å²) >= 11 is 3.83. The van der Waals surface area contributed by atoms with E-state index in [1.165, 1.54) is 5.56 Å². The van der Waals surface area contributed by atoms with Crippen LogP contribution in [-0.2, 0) is 0 Å². The molecule has 0 saturated heterocycles. The average molecular weight is 341 g/mol. The fraction of sp³-hybridized carbons (Fsp3) is 0.647. The molecule has 0 spiro atoms. The lowest BCUT2D eigenvalue weighted by molar-refractivity contribution is 0.246. The van der Waals surface area contributed by atoms with Crippen molar-refractivity contribution in [1.82, 2.24) is 0 Å². The number of fused-ring (bicyclic) bond motifs is 1. The van der Waals surface area contributed by atoms with E-state index in [1.807, 2.05) is 6.07 Å². The van der Waals surface area contributed by atoms with Gasteiger partial charge in [0.1, 0.15) is 0 Å². The molecule has 0 radical (unpaired) electrons. The second-order valence-electron chi connectivity index (χ2n) is 6.73. The molecule has 2 unspecified atom stereocenters. The maximum atomic E-state index is 5.77. The molecule has 2 nitrogen and oxygen atoms in total. The second kappa shape index (κ2) is 6.38. The van der Waals surface area contributed by atoms with E-state index in [0.717, 1.165) is 37.6 Å². The number of alkyl halides is 1. The number of hydrogen-bond acceptors (Lipinski definition) is 2. The summed E-state index contributed by atoms with van der Waals surface area (Å²) in [6.45, 7) is 10.7. The third-order valence-electron chi connectivity index (χ3n) is 4.17. The van der Waals surface area contributed by atoms with Crippen LogP contribution in [0.2, 0.25) is 0 Å². The molecule has 0 aliphatic carbocycles. The number of benzene rings is 1. The first-order valence-electron chi connectivity index (χ1n) is 7.41. The molecule has 1 aromatic rings. The fourth-order valence-corrected chi connectivity index (χ4v) is 3.02. The van der Waals surface area contributed by atoms with Crippen molar-refractivity contribution >= 4 is 15.9 Å². The Labute approximate surface area is 131 Å². The fourth-order valence-electron chi connectivity index (χ4n) is 2.17. The van der Waals surface area contributed by atoms with Crippen LogP contribution in [0.1, 0.15) is 50.9 Å². The molecule has 1 aliphatic rings. The van der Waals surface area contributed by atoms with Gasteiger partial charge in [0.05, 0.1) is 13.2 Å². The molecule has 0 aromatic heterocycles. The smallest absolute Gasteiger partial charge is 0.161 e. The van der Waals surface area contributed by atoms with Crippen LogP contribution in [0.3, 0.4) is 0 Å². The van der Waals surface area contributed by atoms with Gasteiger partial charge in [0.15, 0.2) is 11.5 Å². The summed E-state index contributed by atoms with van der Waals surface area (Å²) in [6.07, 6.45) is 2.06. The zero-order valence-electron chi connectivity index (χ0n) is 12.9. The van der Waals surface area contributed by atoms with E-state index in [0.29, 0.717) is 16.2 Å². The van der Waals surface area contributed by atoms with E-state index < -0.39 is 0 Å². The molecule has 1 aromatic carbocycles. The normalized spacial score (nSPS) is 18.2. The van der Waals surface area contributed by atoms with Crippen LogP contribution in [0, 0.1) is 11.3 Å². The first-order chi connectivity index (χ1) is 9.38. The molecular weight excluding hydrogens is 316 g/mol. The van der Waals surface area contributed by atoms with Crippen LogP contribution in [0.25, 0.3) is 0 Å². The Morgan fingerprint density at radius 1 is 1.15 bits per heavy atom. The Balaban J connectivity index is 2.11. The third kappa shape index (κ3) is 3.91. The number of rotatable bonds is 3. The van der Waals surface area contributed by atoms with Crippen LogP contribution in [0.4, 0.5) is 0 Å². The largest absolute Gasteiger partial charge is 0.490 e. The molecule has 0 saturated carbocycles. The lowest BCUT2D eigenvalue weighted by Crippen LogP contribution is -2.18. The molecule has 0 fully saturated rings. The molecule has 112 valence electrons. The molecule has 20 heavy (non-hydrogen) atoms. The molecule has 2 rings (SSSR count). The minimum atomic E-state index is 0.331. The van der Waals surface area contributed by atoms with Crippen molar-refractivity contribution in [2.45, 2.75) is 45.4 Å². The Bertz CT molecular complexity index is 451. The summed E-state index contributed by atoms with van der Waals surface area (Å²) in [7, 11) is 0. The quantitative estimate of drug-likeness (QED) is 0.690. The lowest BCUT2D eigenvalue weighted by Gasteiger charge is -2.29. The minimum Gasteiger partial charge on any atom is -0.490 e. The van der Waals surface area contributed by atoms with Gasteiger partial charge < -0.3 is 9.47 Å². The van der Waals surface area contributed by atoms with E-state index in [1.54, 1.807) is 0 Å². The summed E-state index contributed by atoms with van der Waals surface area (Å²) in [5.41, 5.74) is 1.60. The second-order valence-corrected chi connectivity index (χ2v) is 7.83. The van der Waals surface area contributed by atoms with E-state index >= 15 is 0 Å². The highest BCUT2D eigenvalue weighted by Crippen LogP contribution is 2.40. The SMILES string of the molecule is CC(CC(Br)c1ccc2c(c1)OCCCO2)C(C)(C)C. The van der Waals surface area contributed by atoms with E-state index in [9.17, 15) is 0 Å².